The molecule has 3 aromatic rings. The summed E-state index contributed by atoms with van der Waals surface area (Å²) >= 11 is 0. The van der Waals surface area contributed by atoms with Crippen molar-refractivity contribution in [3.63, 3.8) is 0 Å². The molecule has 6 heteroatoms. The Hall–Kier alpha value is -3.41. The third-order valence-electron chi connectivity index (χ3n) is 3.98. The standard InChI is InChI=1S/C15H15FO2.C7H5FO2/c1-18-14-4-2-3-11(9-14)5-6-12-10-13(16)7-8-15(12)17;8-6-1-2-7(10)5(3-6)4-9/h2-4,7-10,17H,5-6H2,1H3;1-4,10H. The molecule has 0 bridgehead atoms. The van der Waals surface area contributed by atoms with Crippen LogP contribution in [0, 0.1) is 11.6 Å². The van der Waals surface area contributed by atoms with Gasteiger partial charge < -0.3 is 14.9 Å². The second-order valence-electron chi connectivity index (χ2n) is 5.95. The molecule has 2 N–H and O–H groups in total. The average Bonchev–Trinajstić information content (AvgIpc) is 2.71. The Morgan fingerprint density at radius 3 is 2.21 bits per heavy atom. The van der Waals surface area contributed by atoms with Gasteiger partial charge in [0.25, 0.3) is 0 Å². The number of aryl methyl sites for hydroxylation is 2. The fourth-order valence-corrected chi connectivity index (χ4v) is 2.48. The maximum Gasteiger partial charge on any atom is 0.153 e. The molecule has 0 aliphatic rings. The predicted octanol–water partition coefficient (Wildman–Crippen LogP) is 4.67. The zero-order chi connectivity index (χ0) is 20.5. The van der Waals surface area contributed by atoms with E-state index in [-0.39, 0.29) is 22.9 Å². The van der Waals surface area contributed by atoms with Crippen LogP contribution < -0.4 is 4.74 Å². The maximum absolute atomic E-state index is 13.1. The van der Waals surface area contributed by atoms with Crippen molar-refractivity contribution in [2.75, 3.05) is 7.11 Å². The van der Waals surface area contributed by atoms with Crippen LogP contribution in [0.5, 0.6) is 17.2 Å². The Kier molecular flexibility index (Phi) is 7.51. The third kappa shape index (κ3) is 6.09. The van der Waals surface area contributed by atoms with Gasteiger partial charge in [-0.05, 0) is 72.5 Å². The zero-order valence-electron chi connectivity index (χ0n) is 15.2. The number of benzene rings is 3. The van der Waals surface area contributed by atoms with Crippen molar-refractivity contribution in [2.45, 2.75) is 12.8 Å². The highest BCUT2D eigenvalue weighted by Gasteiger charge is 2.04. The fraction of sp³-hybridized carbons (Fsp3) is 0.136. The van der Waals surface area contributed by atoms with Crippen LogP contribution in [0.15, 0.2) is 60.7 Å². The zero-order valence-corrected chi connectivity index (χ0v) is 15.2. The highest BCUT2D eigenvalue weighted by molar-refractivity contribution is 5.78. The number of halogens is 2. The molecule has 0 fully saturated rings. The van der Waals surface area contributed by atoms with Crippen LogP contribution in [0.1, 0.15) is 21.5 Å². The summed E-state index contributed by atoms with van der Waals surface area (Å²) in [6.07, 6.45) is 1.73. The van der Waals surface area contributed by atoms with E-state index in [0.717, 1.165) is 35.9 Å². The molecule has 0 amide bonds. The van der Waals surface area contributed by atoms with Crippen LogP contribution in [0.4, 0.5) is 8.78 Å². The number of carbonyl (C=O) groups is 1. The summed E-state index contributed by atoms with van der Waals surface area (Å²) in [5.74, 6) is -0.111. The van der Waals surface area contributed by atoms with Gasteiger partial charge >= 0.3 is 0 Å². The number of rotatable bonds is 5. The van der Waals surface area contributed by atoms with Gasteiger partial charge in [0.15, 0.2) is 6.29 Å². The number of carbonyl (C=O) groups excluding carboxylic acids is 1. The number of phenolic OH excluding ortho intramolecular Hbond substituents is 2. The van der Waals surface area contributed by atoms with Gasteiger partial charge in [-0.25, -0.2) is 8.78 Å². The van der Waals surface area contributed by atoms with Crippen molar-refractivity contribution in [3.05, 3.63) is 89.0 Å². The number of ether oxygens (including phenoxy) is 1. The first-order valence-electron chi connectivity index (χ1n) is 8.47. The Morgan fingerprint density at radius 2 is 1.57 bits per heavy atom. The monoisotopic (exact) mass is 386 g/mol. The van der Waals surface area contributed by atoms with Gasteiger partial charge in [0.05, 0.1) is 12.7 Å². The molecule has 0 saturated heterocycles. The van der Waals surface area contributed by atoms with E-state index >= 15 is 0 Å². The van der Waals surface area contributed by atoms with Gasteiger partial charge in [0.1, 0.15) is 28.9 Å². The van der Waals surface area contributed by atoms with E-state index in [0.29, 0.717) is 18.3 Å². The molecule has 0 unspecified atom stereocenters. The van der Waals surface area contributed by atoms with Gasteiger partial charge in [-0.15, -0.1) is 0 Å². The SMILES string of the molecule is COc1cccc(CCc2cc(F)ccc2O)c1.O=Cc1cc(F)ccc1O. The minimum atomic E-state index is -0.528. The van der Waals surface area contributed by atoms with Crippen molar-refractivity contribution < 1.29 is 28.5 Å². The second kappa shape index (κ2) is 10.1. The Labute approximate surface area is 161 Å². The lowest BCUT2D eigenvalue weighted by Crippen LogP contribution is -1.93. The smallest absolute Gasteiger partial charge is 0.153 e. The molecule has 146 valence electrons. The summed E-state index contributed by atoms with van der Waals surface area (Å²) in [6.45, 7) is 0. The van der Waals surface area contributed by atoms with Crippen LogP contribution in [0.25, 0.3) is 0 Å². The van der Waals surface area contributed by atoms with E-state index in [2.05, 4.69) is 0 Å². The molecular formula is C22H20F2O4. The van der Waals surface area contributed by atoms with Crippen LogP contribution in [0.3, 0.4) is 0 Å². The van der Waals surface area contributed by atoms with Gasteiger partial charge in [-0.3, -0.25) is 4.79 Å². The van der Waals surface area contributed by atoms with E-state index in [4.69, 9.17) is 9.84 Å². The highest BCUT2D eigenvalue weighted by Crippen LogP contribution is 2.21. The minimum absolute atomic E-state index is 0.0278. The summed E-state index contributed by atoms with van der Waals surface area (Å²) in [5.41, 5.74) is 1.69. The molecule has 0 saturated carbocycles. The lowest BCUT2D eigenvalue weighted by atomic mass is 10.0. The largest absolute Gasteiger partial charge is 0.508 e. The predicted molar refractivity (Wildman–Crippen MR) is 102 cm³/mol. The van der Waals surface area contributed by atoms with E-state index in [1.54, 1.807) is 7.11 Å². The van der Waals surface area contributed by atoms with Gasteiger partial charge in [-0.1, -0.05) is 12.1 Å². The van der Waals surface area contributed by atoms with Crippen molar-refractivity contribution in [2.24, 2.45) is 0 Å². The first kappa shape index (κ1) is 20.9. The molecule has 3 rings (SSSR count). The van der Waals surface area contributed by atoms with Gasteiger partial charge in [0, 0.05) is 0 Å². The molecule has 0 spiro atoms. The maximum atomic E-state index is 13.1. The summed E-state index contributed by atoms with van der Waals surface area (Å²) in [4.78, 5) is 10.1. The molecule has 28 heavy (non-hydrogen) atoms. The van der Waals surface area contributed by atoms with Crippen molar-refractivity contribution in [1.82, 2.24) is 0 Å². The van der Waals surface area contributed by atoms with E-state index in [9.17, 15) is 18.7 Å². The molecule has 0 radical (unpaired) electrons. The summed E-state index contributed by atoms with van der Waals surface area (Å²) < 4.78 is 30.5. The normalized spacial score (nSPS) is 9.96. The number of hydrogen-bond donors (Lipinski definition) is 2. The van der Waals surface area contributed by atoms with Crippen molar-refractivity contribution >= 4 is 6.29 Å². The van der Waals surface area contributed by atoms with E-state index < -0.39 is 5.82 Å². The molecule has 0 aliphatic heterocycles. The number of hydrogen-bond acceptors (Lipinski definition) is 4. The van der Waals surface area contributed by atoms with Crippen LogP contribution >= 0.6 is 0 Å². The van der Waals surface area contributed by atoms with Gasteiger partial charge in [0.2, 0.25) is 0 Å². The number of phenols is 2. The van der Waals surface area contributed by atoms with Crippen LogP contribution in [0.2, 0.25) is 0 Å². The number of methoxy groups -OCH3 is 1. The first-order valence-corrected chi connectivity index (χ1v) is 8.47. The highest BCUT2D eigenvalue weighted by atomic mass is 19.1. The Morgan fingerprint density at radius 1 is 0.893 bits per heavy atom. The molecule has 0 atom stereocenters. The average molecular weight is 386 g/mol. The quantitative estimate of drug-likeness (QED) is 0.626. The Bertz CT molecular complexity index is 942. The number of aromatic hydroxyl groups is 2. The summed E-state index contributed by atoms with van der Waals surface area (Å²) in [5, 5.41) is 18.5. The van der Waals surface area contributed by atoms with Crippen LogP contribution in [-0.4, -0.2) is 23.6 Å². The molecule has 4 nitrogen and oxygen atoms in total. The minimum Gasteiger partial charge on any atom is -0.508 e. The second-order valence-corrected chi connectivity index (χ2v) is 5.95. The van der Waals surface area contributed by atoms with E-state index in [1.807, 2.05) is 24.3 Å². The summed E-state index contributed by atoms with van der Waals surface area (Å²) in [7, 11) is 1.62. The van der Waals surface area contributed by atoms with E-state index in [1.165, 1.54) is 18.2 Å². The van der Waals surface area contributed by atoms with Gasteiger partial charge in [-0.2, -0.15) is 0 Å². The van der Waals surface area contributed by atoms with Crippen molar-refractivity contribution in [1.29, 1.82) is 0 Å². The molecule has 0 aromatic heterocycles. The molecular weight excluding hydrogens is 366 g/mol. The fourth-order valence-electron chi connectivity index (χ4n) is 2.48. The molecule has 0 aliphatic carbocycles. The van der Waals surface area contributed by atoms with Crippen molar-refractivity contribution in [3.8, 4) is 17.2 Å². The first-order chi connectivity index (χ1) is 13.4. The molecule has 3 aromatic carbocycles. The third-order valence-corrected chi connectivity index (χ3v) is 3.98. The van der Waals surface area contributed by atoms with Crippen LogP contribution in [-0.2, 0) is 12.8 Å². The lowest BCUT2D eigenvalue weighted by molar-refractivity contribution is 0.112. The number of aldehydes is 1. The summed E-state index contributed by atoms with van der Waals surface area (Å²) in [6, 6.07) is 14.9. The Balaban J connectivity index is 0.000000237. The molecule has 0 heterocycles. The lowest BCUT2D eigenvalue weighted by Gasteiger charge is -2.06. The topological polar surface area (TPSA) is 66.8 Å².